The highest BCUT2D eigenvalue weighted by molar-refractivity contribution is 7.87. The van der Waals surface area contributed by atoms with Crippen LogP contribution in [0.15, 0.2) is 12.2 Å². The van der Waals surface area contributed by atoms with Crippen LogP contribution in [0.25, 0.3) is 0 Å². The molecule has 3 N–H and O–H groups in total. The van der Waals surface area contributed by atoms with E-state index >= 15 is 0 Å². The van der Waals surface area contributed by atoms with E-state index in [0.29, 0.717) is 25.9 Å². The third-order valence-corrected chi connectivity index (χ3v) is 3.43. The number of amides is 2. The number of carboxylic acids is 1. The van der Waals surface area contributed by atoms with E-state index in [1.807, 2.05) is 0 Å². The zero-order chi connectivity index (χ0) is 15.0. The molecule has 0 radical (unpaired) electrons. The van der Waals surface area contributed by atoms with Crippen LogP contribution < -0.4 is 9.44 Å². The zero-order valence-electron chi connectivity index (χ0n) is 10.8. The lowest BCUT2D eigenvalue weighted by atomic mass is 10.3. The number of carbonyl (C=O) groups excluding carboxylic acids is 2. The second-order valence-electron chi connectivity index (χ2n) is 4.07. The predicted octanol–water partition coefficient (Wildman–Crippen LogP) is -1.08. The second kappa shape index (κ2) is 8.69. The Labute approximate surface area is 119 Å². The molecule has 0 aromatic heterocycles. The molecule has 0 aliphatic carbocycles. The molecule has 0 fully saturated rings. The lowest BCUT2D eigenvalue weighted by Gasteiger charge is -2.14. The van der Waals surface area contributed by atoms with Gasteiger partial charge < -0.3 is 9.66 Å². The fourth-order valence-electron chi connectivity index (χ4n) is 1.51. The van der Waals surface area contributed by atoms with Crippen LogP contribution in [0.2, 0.25) is 0 Å². The predicted molar refractivity (Wildman–Crippen MR) is 71.5 cm³/mol. The van der Waals surface area contributed by atoms with Crippen LogP contribution in [0.3, 0.4) is 0 Å². The third kappa shape index (κ3) is 6.15. The summed E-state index contributed by atoms with van der Waals surface area (Å²) < 4.78 is 16.7. The first-order valence-corrected chi connectivity index (χ1v) is 7.30. The Kier molecular flexibility index (Phi) is 7.23. The fraction of sp³-hybridized carbons (Fsp3) is 0.545. The first-order valence-electron chi connectivity index (χ1n) is 6.15. The molecule has 1 rings (SSSR count). The van der Waals surface area contributed by atoms with Gasteiger partial charge in [0.25, 0.3) is 11.8 Å². The topological polar surface area (TPSA) is 122 Å². The average Bonchev–Trinajstić information content (AvgIpc) is 2.70. The van der Waals surface area contributed by atoms with Gasteiger partial charge in [0.15, 0.2) is 0 Å². The number of aliphatic carboxylic acids is 1. The summed E-state index contributed by atoms with van der Waals surface area (Å²) in [5, 5.41) is 8.41. The minimum atomic E-state index is -1.45. The van der Waals surface area contributed by atoms with E-state index in [4.69, 9.17) is 5.11 Å². The molecule has 0 bridgehead atoms. The number of carboxylic acid groups (broad SMARTS) is 1. The van der Waals surface area contributed by atoms with Crippen LogP contribution >= 0.6 is 0 Å². The quantitative estimate of drug-likeness (QED) is 0.267. The fourth-order valence-corrected chi connectivity index (χ4v) is 2.27. The van der Waals surface area contributed by atoms with E-state index in [-0.39, 0.29) is 24.8 Å². The number of hydrogen-bond donors (Lipinski definition) is 3. The highest BCUT2D eigenvalue weighted by Crippen LogP contribution is 2.03. The number of hydrogen-bond acceptors (Lipinski definition) is 6. The molecule has 1 aliphatic rings. The van der Waals surface area contributed by atoms with Crippen LogP contribution in [0, 0.1) is 0 Å². The van der Waals surface area contributed by atoms with E-state index in [0.717, 1.165) is 4.90 Å². The zero-order valence-corrected chi connectivity index (χ0v) is 11.6. The summed E-state index contributed by atoms with van der Waals surface area (Å²) >= 11 is -1.45. The molecule has 0 saturated carbocycles. The Bertz CT molecular complexity index is 384. The van der Waals surface area contributed by atoms with E-state index in [1.165, 1.54) is 12.2 Å². The second-order valence-corrected chi connectivity index (χ2v) is 5.18. The average molecular weight is 303 g/mol. The van der Waals surface area contributed by atoms with E-state index in [9.17, 15) is 18.9 Å². The molecule has 1 atom stereocenters. The van der Waals surface area contributed by atoms with Crippen molar-refractivity contribution in [1.82, 2.24) is 14.3 Å². The highest BCUT2D eigenvalue weighted by atomic mass is 32.2. The van der Waals surface area contributed by atoms with Gasteiger partial charge in [-0.1, -0.05) is 0 Å². The van der Waals surface area contributed by atoms with Crippen LogP contribution in [-0.2, 0) is 25.9 Å². The minimum Gasteiger partial charge on any atom is -0.579 e. The van der Waals surface area contributed by atoms with E-state index in [2.05, 4.69) is 9.44 Å². The summed E-state index contributed by atoms with van der Waals surface area (Å²) in [6.07, 6.45) is 3.35. The Morgan fingerprint density at radius 3 is 2.30 bits per heavy atom. The number of nitrogens with one attached hydrogen (secondary N) is 2. The Morgan fingerprint density at radius 2 is 1.75 bits per heavy atom. The van der Waals surface area contributed by atoms with Gasteiger partial charge >= 0.3 is 5.97 Å². The summed E-state index contributed by atoms with van der Waals surface area (Å²) in [7, 11) is 0. The van der Waals surface area contributed by atoms with Crippen molar-refractivity contribution in [3.63, 3.8) is 0 Å². The first kappa shape index (κ1) is 16.6. The summed E-state index contributed by atoms with van der Waals surface area (Å²) in [4.78, 5) is 33.8. The van der Waals surface area contributed by atoms with Gasteiger partial charge in [-0.2, -0.15) is 0 Å². The number of rotatable bonds is 10. The van der Waals surface area contributed by atoms with Gasteiger partial charge in [-0.15, -0.1) is 9.44 Å². The number of carbonyl (C=O) groups is 3. The molecular weight excluding hydrogens is 286 g/mol. The Balaban J connectivity index is 2.02. The third-order valence-electron chi connectivity index (χ3n) is 2.49. The van der Waals surface area contributed by atoms with Crippen molar-refractivity contribution in [1.29, 1.82) is 0 Å². The van der Waals surface area contributed by atoms with Crippen LogP contribution in [0.1, 0.15) is 19.3 Å². The van der Waals surface area contributed by atoms with Crippen molar-refractivity contribution in [2.24, 2.45) is 0 Å². The van der Waals surface area contributed by atoms with Gasteiger partial charge in [0.1, 0.15) is 11.5 Å². The summed E-state index contributed by atoms with van der Waals surface area (Å²) in [6.45, 7) is 0.975. The van der Waals surface area contributed by atoms with Gasteiger partial charge in [-0.05, 0) is 12.8 Å². The van der Waals surface area contributed by atoms with Crippen molar-refractivity contribution in [3.05, 3.63) is 12.2 Å². The van der Waals surface area contributed by atoms with Gasteiger partial charge in [0.2, 0.25) is 0 Å². The van der Waals surface area contributed by atoms with Gasteiger partial charge in [-0.25, -0.2) is 0 Å². The summed E-state index contributed by atoms with van der Waals surface area (Å²) in [5.74, 6) is -1.55. The number of nitrogens with zero attached hydrogens (tertiary/aromatic N) is 1. The summed E-state index contributed by atoms with van der Waals surface area (Å²) in [5.41, 5.74) is 0. The largest absolute Gasteiger partial charge is 0.579 e. The molecule has 112 valence electrons. The van der Waals surface area contributed by atoms with Gasteiger partial charge in [0, 0.05) is 38.2 Å². The molecule has 9 heteroatoms. The smallest absolute Gasteiger partial charge is 0.303 e. The Hall–Kier alpha value is -1.42. The summed E-state index contributed by atoms with van der Waals surface area (Å²) in [6, 6.07) is 0. The van der Waals surface area contributed by atoms with Crippen molar-refractivity contribution < 1.29 is 24.0 Å². The van der Waals surface area contributed by atoms with Crippen molar-refractivity contribution in [2.45, 2.75) is 19.3 Å². The molecule has 0 spiro atoms. The molecule has 1 unspecified atom stereocenters. The van der Waals surface area contributed by atoms with Crippen LogP contribution in [-0.4, -0.2) is 52.0 Å². The Morgan fingerprint density at radius 1 is 1.20 bits per heavy atom. The molecule has 1 heterocycles. The van der Waals surface area contributed by atoms with E-state index in [1.54, 1.807) is 0 Å². The molecule has 0 aromatic carbocycles. The molecule has 8 nitrogen and oxygen atoms in total. The molecule has 20 heavy (non-hydrogen) atoms. The molecule has 0 aromatic rings. The SMILES string of the molecule is O=C(O)CCCN[S+]([O-])NCCCN1C(=O)C=CC1=O. The van der Waals surface area contributed by atoms with Crippen molar-refractivity contribution in [3.8, 4) is 0 Å². The maximum atomic E-state index is 11.4. The van der Waals surface area contributed by atoms with Crippen molar-refractivity contribution in [2.75, 3.05) is 19.6 Å². The maximum absolute atomic E-state index is 11.4. The van der Waals surface area contributed by atoms with Gasteiger partial charge in [0.05, 0.1) is 0 Å². The molecule has 1 aliphatic heterocycles. The monoisotopic (exact) mass is 303 g/mol. The normalized spacial score (nSPS) is 15.9. The van der Waals surface area contributed by atoms with Crippen molar-refractivity contribution >= 4 is 29.3 Å². The van der Waals surface area contributed by atoms with Gasteiger partial charge in [-0.3, -0.25) is 19.3 Å². The molecule has 2 amide bonds. The van der Waals surface area contributed by atoms with Crippen LogP contribution in [0.4, 0.5) is 0 Å². The lowest BCUT2D eigenvalue weighted by Crippen LogP contribution is -2.39. The minimum absolute atomic E-state index is 0.0242. The first-order chi connectivity index (χ1) is 9.50. The van der Waals surface area contributed by atoms with E-state index < -0.39 is 17.5 Å². The lowest BCUT2D eigenvalue weighted by molar-refractivity contribution is -0.138. The highest BCUT2D eigenvalue weighted by Gasteiger charge is 2.22. The molecule has 0 saturated heterocycles. The number of imide groups is 1. The standard InChI is InChI=1S/C11H17N3O5S/c15-9-4-5-10(16)14(9)8-2-7-13-20(19)12-6-1-3-11(17)18/h4-5,12-13H,1-3,6-8H2,(H,17,18). The van der Waals surface area contributed by atoms with Crippen LogP contribution in [0.5, 0.6) is 0 Å². The maximum Gasteiger partial charge on any atom is 0.303 e. The molecular formula is C11H17N3O5S.